The molecule has 3 rings (SSSR count). The van der Waals surface area contributed by atoms with Gasteiger partial charge in [0, 0.05) is 12.0 Å². The van der Waals surface area contributed by atoms with Crippen molar-refractivity contribution < 1.29 is 0 Å². The zero-order valence-corrected chi connectivity index (χ0v) is 11.9. The van der Waals surface area contributed by atoms with Crippen LogP contribution in [0.25, 0.3) is 0 Å². The minimum absolute atomic E-state index is 0.205. The van der Waals surface area contributed by atoms with Crippen LogP contribution in [0, 0.1) is 6.92 Å². The van der Waals surface area contributed by atoms with E-state index in [0.717, 1.165) is 6.54 Å². The van der Waals surface area contributed by atoms with E-state index in [2.05, 4.69) is 74.6 Å². The molecule has 1 atom stereocenters. The maximum atomic E-state index is 3.71. The van der Waals surface area contributed by atoms with Crippen LogP contribution in [0.5, 0.6) is 0 Å². The monoisotopic (exact) mass is 251 g/mol. The molecule has 0 aromatic heterocycles. The van der Waals surface area contributed by atoms with Gasteiger partial charge in [-0.05, 0) is 23.6 Å². The number of hydrogen-bond donors (Lipinski definition) is 1. The van der Waals surface area contributed by atoms with Crippen molar-refractivity contribution in [3.8, 4) is 0 Å². The van der Waals surface area contributed by atoms with Gasteiger partial charge in [0.05, 0.1) is 6.04 Å². The van der Waals surface area contributed by atoms with Crippen molar-refractivity contribution in [3.63, 3.8) is 0 Å². The molecule has 0 aliphatic carbocycles. The lowest BCUT2D eigenvalue weighted by molar-refractivity contribution is 0.407. The van der Waals surface area contributed by atoms with Crippen LogP contribution in [0.15, 0.2) is 48.5 Å². The Labute approximate surface area is 115 Å². The highest BCUT2D eigenvalue weighted by atomic mass is 14.9. The molecule has 1 unspecified atom stereocenters. The van der Waals surface area contributed by atoms with Crippen LogP contribution < -0.4 is 5.32 Å². The number of fused-ring (bicyclic) bond motifs is 1. The summed E-state index contributed by atoms with van der Waals surface area (Å²) in [6, 6.07) is 18.0. The molecule has 1 nitrogen and oxygen atoms in total. The standard InChI is InChI=1S/C18H21N/c1-13-7-6-8-14(11-13)17-15-9-4-5-10-16(15)18(2,3)12-19-17/h4-11,17,19H,12H2,1-3H3. The van der Waals surface area contributed by atoms with E-state index < -0.39 is 0 Å². The van der Waals surface area contributed by atoms with Crippen molar-refractivity contribution in [1.82, 2.24) is 5.32 Å². The summed E-state index contributed by atoms with van der Waals surface area (Å²) >= 11 is 0. The summed E-state index contributed by atoms with van der Waals surface area (Å²) in [7, 11) is 0. The average molecular weight is 251 g/mol. The first-order valence-electron chi connectivity index (χ1n) is 6.97. The molecule has 0 fully saturated rings. The molecule has 1 N–H and O–H groups in total. The van der Waals surface area contributed by atoms with E-state index in [9.17, 15) is 0 Å². The van der Waals surface area contributed by atoms with E-state index in [1.165, 1.54) is 22.3 Å². The summed E-state index contributed by atoms with van der Waals surface area (Å²) in [6.07, 6.45) is 0. The van der Waals surface area contributed by atoms with Crippen LogP contribution in [0.2, 0.25) is 0 Å². The van der Waals surface area contributed by atoms with Gasteiger partial charge < -0.3 is 5.32 Å². The molecule has 0 radical (unpaired) electrons. The second kappa shape index (κ2) is 4.50. The SMILES string of the molecule is Cc1cccc(C2NCC(C)(C)c3ccccc32)c1. The topological polar surface area (TPSA) is 12.0 Å². The van der Waals surface area contributed by atoms with Gasteiger partial charge in [0.25, 0.3) is 0 Å². The molecule has 0 amide bonds. The maximum Gasteiger partial charge on any atom is 0.0580 e. The summed E-state index contributed by atoms with van der Waals surface area (Å²) < 4.78 is 0. The van der Waals surface area contributed by atoms with Crippen molar-refractivity contribution in [3.05, 3.63) is 70.8 Å². The minimum atomic E-state index is 0.205. The highest BCUT2D eigenvalue weighted by Gasteiger charge is 2.32. The predicted octanol–water partition coefficient (Wildman–Crippen LogP) is 3.97. The van der Waals surface area contributed by atoms with Gasteiger partial charge in [0.2, 0.25) is 0 Å². The van der Waals surface area contributed by atoms with Crippen molar-refractivity contribution in [2.75, 3.05) is 6.54 Å². The Kier molecular flexibility index (Phi) is 2.94. The lowest BCUT2D eigenvalue weighted by Crippen LogP contribution is -2.42. The van der Waals surface area contributed by atoms with Crippen LogP contribution >= 0.6 is 0 Å². The zero-order chi connectivity index (χ0) is 13.5. The number of benzene rings is 2. The van der Waals surface area contributed by atoms with Crippen molar-refractivity contribution in [2.24, 2.45) is 0 Å². The molecule has 0 saturated carbocycles. The van der Waals surface area contributed by atoms with Crippen molar-refractivity contribution in [1.29, 1.82) is 0 Å². The average Bonchev–Trinajstić information content (AvgIpc) is 2.39. The summed E-state index contributed by atoms with van der Waals surface area (Å²) in [5.41, 5.74) is 5.78. The molecule has 1 aliphatic rings. The van der Waals surface area contributed by atoms with Gasteiger partial charge in [-0.2, -0.15) is 0 Å². The Balaban J connectivity index is 2.11. The van der Waals surface area contributed by atoms with Gasteiger partial charge >= 0.3 is 0 Å². The second-order valence-corrected chi connectivity index (χ2v) is 6.20. The third kappa shape index (κ3) is 2.19. The fraction of sp³-hybridized carbons (Fsp3) is 0.333. The van der Waals surface area contributed by atoms with Crippen molar-refractivity contribution >= 4 is 0 Å². The fourth-order valence-corrected chi connectivity index (χ4v) is 3.07. The molecule has 0 spiro atoms. The fourth-order valence-electron chi connectivity index (χ4n) is 3.07. The van der Waals surface area contributed by atoms with Gasteiger partial charge in [-0.1, -0.05) is 67.9 Å². The second-order valence-electron chi connectivity index (χ2n) is 6.20. The lowest BCUT2D eigenvalue weighted by atomic mass is 9.75. The number of hydrogen-bond acceptors (Lipinski definition) is 1. The highest BCUT2D eigenvalue weighted by Crippen LogP contribution is 2.37. The van der Waals surface area contributed by atoms with Crippen LogP contribution in [-0.2, 0) is 5.41 Å². The van der Waals surface area contributed by atoms with Gasteiger partial charge in [0.1, 0.15) is 0 Å². The maximum absolute atomic E-state index is 3.71. The molecule has 0 bridgehead atoms. The first-order valence-corrected chi connectivity index (χ1v) is 6.97. The molecule has 1 heterocycles. The zero-order valence-electron chi connectivity index (χ0n) is 11.9. The molecule has 1 heteroatoms. The van der Waals surface area contributed by atoms with Crippen LogP contribution in [0.4, 0.5) is 0 Å². The van der Waals surface area contributed by atoms with E-state index in [-0.39, 0.29) is 5.41 Å². The molecular formula is C18H21N. The summed E-state index contributed by atoms with van der Waals surface area (Å²) in [6.45, 7) is 7.79. The Morgan fingerprint density at radius 3 is 2.63 bits per heavy atom. The first kappa shape index (κ1) is 12.4. The van der Waals surface area contributed by atoms with Gasteiger partial charge in [-0.3, -0.25) is 0 Å². The number of nitrogens with one attached hydrogen (secondary N) is 1. The third-order valence-corrected chi connectivity index (χ3v) is 4.12. The predicted molar refractivity (Wildman–Crippen MR) is 80.5 cm³/mol. The molecule has 19 heavy (non-hydrogen) atoms. The quantitative estimate of drug-likeness (QED) is 0.808. The summed E-state index contributed by atoms with van der Waals surface area (Å²) in [5, 5.41) is 3.71. The van der Waals surface area contributed by atoms with Crippen molar-refractivity contribution in [2.45, 2.75) is 32.2 Å². The highest BCUT2D eigenvalue weighted by molar-refractivity contribution is 5.44. The normalized spacial score (nSPS) is 20.9. The minimum Gasteiger partial charge on any atom is -0.305 e. The lowest BCUT2D eigenvalue weighted by Gasteiger charge is -2.38. The van der Waals surface area contributed by atoms with Gasteiger partial charge in [0.15, 0.2) is 0 Å². The molecule has 2 aromatic carbocycles. The smallest absolute Gasteiger partial charge is 0.0580 e. The molecule has 0 saturated heterocycles. The van der Waals surface area contributed by atoms with Crippen LogP contribution in [-0.4, -0.2) is 6.54 Å². The Morgan fingerprint density at radius 1 is 1.05 bits per heavy atom. The summed E-state index contributed by atoms with van der Waals surface area (Å²) in [5.74, 6) is 0. The van der Waals surface area contributed by atoms with E-state index in [0.29, 0.717) is 6.04 Å². The molecule has 1 aliphatic heterocycles. The van der Waals surface area contributed by atoms with Crippen LogP contribution in [0.3, 0.4) is 0 Å². The molecule has 2 aromatic rings. The largest absolute Gasteiger partial charge is 0.305 e. The van der Waals surface area contributed by atoms with E-state index in [4.69, 9.17) is 0 Å². The number of rotatable bonds is 1. The summed E-state index contributed by atoms with van der Waals surface area (Å²) in [4.78, 5) is 0. The van der Waals surface area contributed by atoms with E-state index in [1.54, 1.807) is 0 Å². The first-order chi connectivity index (χ1) is 9.08. The van der Waals surface area contributed by atoms with E-state index >= 15 is 0 Å². The number of aryl methyl sites for hydroxylation is 1. The van der Waals surface area contributed by atoms with Crippen LogP contribution in [0.1, 0.15) is 42.1 Å². The Hall–Kier alpha value is -1.60. The Morgan fingerprint density at radius 2 is 1.84 bits per heavy atom. The third-order valence-electron chi connectivity index (χ3n) is 4.12. The molecule has 98 valence electrons. The van der Waals surface area contributed by atoms with E-state index in [1.807, 2.05) is 0 Å². The van der Waals surface area contributed by atoms with Gasteiger partial charge in [-0.25, -0.2) is 0 Å². The Bertz CT molecular complexity index is 598. The van der Waals surface area contributed by atoms with Gasteiger partial charge in [-0.15, -0.1) is 0 Å². The molecular weight excluding hydrogens is 230 g/mol.